The van der Waals surface area contributed by atoms with Crippen molar-refractivity contribution in [2.45, 2.75) is 25.9 Å². The summed E-state index contributed by atoms with van der Waals surface area (Å²) >= 11 is 0. The average molecular weight is 363 g/mol. The van der Waals surface area contributed by atoms with E-state index in [9.17, 15) is 9.59 Å². The van der Waals surface area contributed by atoms with Crippen molar-refractivity contribution in [3.63, 3.8) is 0 Å². The lowest BCUT2D eigenvalue weighted by molar-refractivity contribution is -0.123. The Morgan fingerprint density at radius 3 is 2.37 bits per heavy atom. The van der Waals surface area contributed by atoms with E-state index in [2.05, 4.69) is 34.1 Å². The quantitative estimate of drug-likeness (QED) is 0.783. The van der Waals surface area contributed by atoms with Crippen molar-refractivity contribution in [2.24, 2.45) is 0 Å². The summed E-state index contributed by atoms with van der Waals surface area (Å²) in [5.74, 6) is -0.176. The van der Waals surface area contributed by atoms with Gasteiger partial charge in [0.2, 0.25) is 5.91 Å². The highest BCUT2D eigenvalue weighted by Crippen LogP contribution is 2.27. The third-order valence-electron chi connectivity index (χ3n) is 5.48. The van der Waals surface area contributed by atoms with E-state index in [1.807, 2.05) is 37.3 Å². The molecule has 2 aromatic rings. The molecule has 2 aromatic carbocycles. The number of piperazine rings is 1. The van der Waals surface area contributed by atoms with Gasteiger partial charge in [0.15, 0.2) is 0 Å². The molecule has 27 heavy (non-hydrogen) atoms. The van der Waals surface area contributed by atoms with Gasteiger partial charge in [-0.25, -0.2) is 4.90 Å². The van der Waals surface area contributed by atoms with E-state index in [0.29, 0.717) is 5.69 Å². The molecular formula is C22H25N3O2. The van der Waals surface area contributed by atoms with Gasteiger partial charge in [-0.1, -0.05) is 42.5 Å². The lowest BCUT2D eigenvalue weighted by Gasteiger charge is -2.37. The molecule has 2 aliphatic rings. The standard InChI is InChI=1S/C22H25N3O2/c1-17-6-5-9-19(14-17)25-21(26)15-20(22(25)27)24-12-10-23(11-13-24)16-18-7-3-2-4-8-18/h2-9,14,20H,10-13,15-16H2,1H3. The van der Waals surface area contributed by atoms with Gasteiger partial charge in [-0.2, -0.15) is 0 Å². The van der Waals surface area contributed by atoms with Crippen LogP contribution in [0.3, 0.4) is 0 Å². The smallest absolute Gasteiger partial charge is 0.251 e. The fourth-order valence-corrected chi connectivity index (χ4v) is 4.01. The number of nitrogens with zero attached hydrogens (tertiary/aromatic N) is 3. The Bertz CT molecular complexity index is 828. The molecule has 2 saturated heterocycles. The number of amides is 2. The average Bonchev–Trinajstić information content (AvgIpc) is 2.97. The lowest BCUT2D eigenvalue weighted by Crippen LogP contribution is -2.52. The van der Waals surface area contributed by atoms with Crippen LogP contribution in [0.1, 0.15) is 17.5 Å². The topological polar surface area (TPSA) is 43.9 Å². The second-order valence-corrected chi connectivity index (χ2v) is 7.42. The first kappa shape index (κ1) is 17.9. The van der Waals surface area contributed by atoms with Gasteiger partial charge in [0.25, 0.3) is 5.91 Å². The normalized spacial score (nSPS) is 21.8. The third kappa shape index (κ3) is 3.80. The van der Waals surface area contributed by atoms with E-state index in [4.69, 9.17) is 0 Å². The Labute approximate surface area is 160 Å². The van der Waals surface area contributed by atoms with Crippen molar-refractivity contribution in [1.29, 1.82) is 0 Å². The summed E-state index contributed by atoms with van der Waals surface area (Å²) in [7, 11) is 0. The molecule has 0 bridgehead atoms. The van der Waals surface area contributed by atoms with Crippen LogP contribution >= 0.6 is 0 Å². The zero-order chi connectivity index (χ0) is 18.8. The molecule has 0 N–H and O–H groups in total. The number of carbonyl (C=O) groups excluding carboxylic acids is 2. The molecule has 0 radical (unpaired) electrons. The maximum Gasteiger partial charge on any atom is 0.251 e. The summed E-state index contributed by atoms with van der Waals surface area (Å²) in [6, 6.07) is 17.7. The summed E-state index contributed by atoms with van der Waals surface area (Å²) in [5.41, 5.74) is 3.05. The molecular weight excluding hydrogens is 338 g/mol. The minimum atomic E-state index is -0.322. The van der Waals surface area contributed by atoms with Crippen LogP contribution in [0.15, 0.2) is 54.6 Å². The van der Waals surface area contributed by atoms with Crippen LogP contribution in [0.5, 0.6) is 0 Å². The number of aryl methyl sites for hydroxylation is 1. The van der Waals surface area contributed by atoms with Gasteiger partial charge in [-0.05, 0) is 30.2 Å². The van der Waals surface area contributed by atoms with Crippen molar-refractivity contribution in [3.8, 4) is 0 Å². The first-order valence-electron chi connectivity index (χ1n) is 9.55. The lowest BCUT2D eigenvalue weighted by atomic mass is 10.1. The maximum atomic E-state index is 12.9. The number of imide groups is 1. The van der Waals surface area contributed by atoms with Crippen LogP contribution in [-0.4, -0.2) is 53.8 Å². The van der Waals surface area contributed by atoms with Gasteiger partial charge in [0, 0.05) is 32.7 Å². The van der Waals surface area contributed by atoms with Gasteiger partial charge >= 0.3 is 0 Å². The van der Waals surface area contributed by atoms with E-state index in [0.717, 1.165) is 38.3 Å². The van der Waals surface area contributed by atoms with Crippen LogP contribution in [0.2, 0.25) is 0 Å². The molecule has 5 nitrogen and oxygen atoms in total. The Kier molecular flexibility index (Phi) is 5.05. The third-order valence-corrected chi connectivity index (χ3v) is 5.48. The molecule has 2 heterocycles. The summed E-state index contributed by atoms with van der Waals surface area (Å²) in [6.45, 7) is 6.37. The Morgan fingerprint density at radius 1 is 0.926 bits per heavy atom. The SMILES string of the molecule is Cc1cccc(N2C(=O)CC(N3CCN(Cc4ccccc4)CC3)C2=O)c1. The minimum Gasteiger partial charge on any atom is -0.297 e. The van der Waals surface area contributed by atoms with Crippen molar-refractivity contribution in [3.05, 3.63) is 65.7 Å². The maximum absolute atomic E-state index is 12.9. The van der Waals surface area contributed by atoms with Crippen LogP contribution in [0.25, 0.3) is 0 Å². The molecule has 4 rings (SSSR count). The first-order valence-corrected chi connectivity index (χ1v) is 9.55. The van der Waals surface area contributed by atoms with Crippen molar-refractivity contribution in [1.82, 2.24) is 9.80 Å². The molecule has 0 aromatic heterocycles. The molecule has 2 fully saturated rings. The molecule has 0 saturated carbocycles. The summed E-state index contributed by atoms with van der Waals surface area (Å²) in [5, 5.41) is 0. The molecule has 140 valence electrons. The molecule has 2 aliphatic heterocycles. The predicted molar refractivity (Wildman–Crippen MR) is 105 cm³/mol. The van der Waals surface area contributed by atoms with Gasteiger partial charge in [0.1, 0.15) is 0 Å². The van der Waals surface area contributed by atoms with E-state index < -0.39 is 0 Å². The van der Waals surface area contributed by atoms with Crippen LogP contribution in [0.4, 0.5) is 5.69 Å². The van der Waals surface area contributed by atoms with Crippen LogP contribution in [-0.2, 0) is 16.1 Å². The zero-order valence-electron chi connectivity index (χ0n) is 15.7. The summed E-state index contributed by atoms with van der Waals surface area (Å²) in [4.78, 5) is 31.4. The largest absolute Gasteiger partial charge is 0.297 e. The highest BCUT2D eigenvalue weighted by molar-refractivity contribution is 6.22. The Hall–Kier alpha value is -2.50. The highest BCUT2D eigenvalue weighted by Gasteiger charge is 2.43. The monoisotopic (exact) mass is 363 g/mol. The molecule has 1 unspecified atom stereocenters. The second-order valence-electron chi connectivity index (χ2n) is 7.42. The predicted octanol–water partition coefficient (Wildman–Crippen LogP) is 2.44. The summed E-state index contributed by atoms with van der Waals surface area (Å²) in [6.07, 6.45) is 0.283. The first-order chi connectivity index (χ1) is 13.1. The van der Waals surface area contributed by atoms with Gasteiger partial charge in [-0.15, -0.1) is 0 Å². The highest BCUT2D eigenvalue weighted by atomic mass is 16.2. The Balaban J connectivity index is 1.39. The number of rotatable bonds is 4. The van der Waals surface area contributed by atoms with Crippen molar-refractivity contribution >= 4 is 17.5 Å². The number of anilines is 1. The molecule has 5 heteroatoms. The summed E-state index contributed by atoms with van der Waals surface area (Å²) < 4.78 is 0. The zero-order valence-corrected chi connectivity index (χ0v) is 15.7. The molecule has 2 amide bonds. The second kappa shape index (κ2) is 7.62. The van der Waals surface area contributed by atoms with Gasteiger partial charge in [-0.3, -0.25) is 19.4 Å². The Morgan fingerprint density at radius 2 is 1.67 bits per heavy atom. The fraction of sp³-hybridized carbons (Fsp3) is 0.364. The van der Waals surface area contributed by atoms with Gasteiger partial charge in [0.05, 0.1) is 18.2 Å². The van der Waals surface area contributed by atoms with E-state index in [-0.39, 0.29) is 24.3 Å². The van der Waals surface area contributed by atoms with Crippen LogP contribution < -0.4 is 4.90 Å². The molecule has 1 atom stereocenters. The number of carbonyl (C=O) groups is 2. The number of benzene rings is 2. The van der Waals surface area contributed by atoms with Crippen molar-refractivity contribution < 1.29 is 9.59 Å². The van der Waals surface area contributed by atoms with E-state index in [1.165, 1.54) is 10.5 Å². The van der Waals surface area contributed by atoms with E-state index in [1.54, 1.807) is 0 Å². The fourth-order valence-electron chi connectivity index (χ4n) is 4.01. The number of hydrogen-bond acceptors (Lipinski definition) is 4. The minimum absolute atomic E-state index is 0.0814. The number of hydrogen-bond donors (Lipinski definition) is 0. The van der Waals surface area contributed by atoms with Gasteiger partial charge < -0.3 is 0 Å². The van der Waals surface area contributed by atoms with Crippen LogP contribution in [0, 0.1) is 6.92 Å². The molecule has 0 aliphatic carbocycles. The van der Waals surface area contributed by atoms with Crippen molar-refractivity contribution in [2.75, 3.05) is 31.1 Å². The van der Waals surface area contributed by atoms with E-state index >= 15 is 0 Å². The molecule has 0 spiro atoms.